The summed E-state index contributed by atoms with van der Waals surface area (Å²) >= 11 is 0. The van der Waals surface area contributed by atoms with Crippen LogP contribution >= 0.6 is 0 Å². The van der Waals surface area contributed by atoms with E-state index in [1.54, 1.807) is 26.2 Å². The predicted octanol–water partition coefficient (Wildman–Crippen LogP) is 3.92. The molecule has 1 aliphatic heterocycles. The number of methoxy groups -OCH3 is 3. The van der Waals surface area contributed by atoms with Crippen molar-refractivity contribution in [3.63, 3.8) is 0 Å². The molecule has 2 atom stereocenters. The van der Waals surface area contributed by atoms with Crippen LogP contribution in [0.15, 0.2) is 36.4 Å². The SMILES string of the molecule is COc1ccc([C@H]2c3cc(OC)c(OC)cc3CCN2C(=O)N[C@H](C(=O)NC(C)C)C(C)C)cc1. The highest BCUT2D eigenvalue weighted by atomic mass is 16.5. The number of nitrogens with one attached hydrogen (secondary N) is 2. The van der Waals surface area contributed by atoms with Crippen LogP contribution in [0.1, 0.15) is 50.4 Å². The Morgan fingerprint density at radius 3 is 2.09 bits per heavy atom. The lowest BCUT2D eigenvalue weighted by Gasteiger charge is -2.39. The molecule has 1 heterocycles. The molecule has 0 saturated carbocycles. The van der Waals surface area contributed by atoms with Crippen LogP contribution in [0.5, 0.6) is 17.2 Å². The largest absolute Gasteiger partial charge is 0.497 e. The number of carbonyl (C=O) groups is 2. The number of hydrogen-bond donors (Lipinski definition) is 2. The summed E-state index contributed by atoms with van der Waals surface area (Å²) in [5.41, 5.74) is 2.98. The maximum Gasteiger partial charge on any atom is 0.318 e. The van der Waals surface area contributed by atoms with Crippen LogP contribution in [0.25, 0.3) is 0 Å². The fourth-order valence-corrected chi connectivity index (χ4v) is 4.44. The van der Waals surface area contributed by atoms with Crippen molar-refractivity contribution < 1.29 is 23.8 Å². The number of amides is 3. The van der Waals surface area contributed by atoms with Gasteiger partial charge in [0.2, 0.25) is 5.91 Å². The van der Waals surface area contributed by atoms with Gasteiger partial charge < -0.3 is 29.7 Å². The van der Waals surface area contributed by atoms with Crippen molar-refractivity contribution in [2.24, 2.45) is 5.92 Å². The van der Waals surface area contributed by atoms with Crippen LogP contribution in [0.4, 0.5) is 4.79 Å². The zero-order valence-corrected chi connectivity index (χ0v) is 21.7. The maximum atomic E-state index is 13.7. The van der Waals surface area contributed by atoms with Crippen molar-refractivity contribution in [2.45, 2.75) is 52.2 Å². The molecule has 2 aromatic rings. The molecule has 3 rings (SSSR count). The first-order valence-electron chi connectivity index (χ1n) is 12.0. The van der Waals surface area contributed by atoms with Crippen molar-refractivity contribution in [3.8, 4) is 17.2 Å². The summed E-state index contributed by atoms with van der Waals surface area (Å²) < 4.78 is 16.4. The van der Waals surface area contributed by atoms with Crippen molar-refractivity contribution in [3.05, 3.63) is 53.1 Å². The van der Waals surface area contributed by atoms with E-state index in [4.69, 9.17) is 14.2 Å². The predicted molar refractivity (Wildman–Crippen MR) is 135 cm³/mol. The molecule has 0 unspecified atom stereocenters. The summed E-state index contributed by atoms with van der Waals surface area (Å²) in [7, 11) is 4.83. The third kappa shape index (κ3) is 5.81. The van der Waals surface area contributed by atoms with Gasteiger partial charge in [0, 0.05) is 12.6 Å². The lowest BCUT2D eigenvalue weighted by atomic mass is 9.87. The number of benzene rings is 2. The molecule has 2 aromatic carbocycles. The topological polar surface area (TPSA) is 89.1 Å². The zero-order valence-electron chi connectivity index (χ0n) is 21.7. The molecule has 0 saturated heterocycles. The second kappa shape index (κ2) is 11.3. The van der Waals surface area contributed by atoms with E-state index in [1.807, 2.05) is 64.1 Å². The molecule has 0 radical (unpaired) electrons. The number of fused-ring (bicyclic) bond motifs is 1. The first kappa shape index (κ1) is 26.2. The van der Waals surface area contributed by atoms with E-state index >= 15 is 0 Å². The van der Waals surface area contributed by atoms with Gasteiger partial charge in [0.25, 0.3) is 0 Å². The minimum absolute atomic E-state index is 0.0167. The van der Waals surface area contributed by atoms with Gasteiger partial charge in [0.15, 0.2) is 11.5 Å². The van der Waals surface area contributed by atoms with Gasteiger partial charge in [0.1, 0.15) is 11.8 Å². The lowest BCUT2D eigenvalue weighted by molar-refractivity contribution is -0.124. The molecule has 2 N–H and O–H groups in total. The molecule has 8 nitrogen and oxygen atoms in total. The van der Waals surface area contributed by atoms with Crippen LogP contribution < -0.4 is 24.8 Å². The Morgan fingerprint density at radius 1 is 0.914 bits per heavy atom. The Balaban J connectivity index is 2.02. The molecular formula is C27H37N3O5. The van der Waals surface area contributed by atoms with E-state index in [9.17, 15) is 9.59 Å². The summed E-state index contributed by atoms with van der Waals surface area (Å²) in [5, 5.41) is 5.90. The molecule has 0 bridgehead atoms. The smallest absolute Gasteiger partial charge is 0.318 e. The third-order valence-corrected chi connectivity index (χ3v) is 6.23. The highest BCUT2D eigenvalue weighted by molar-refractivity contribution is 5.87. The molecule has 8 heteroatoms. The monoisotopic (exact) mass is 483 g/mol. The van der Waals surface area contributed by atoms with E-state index in [-0.39, 0.29) is 29.9 Å². The van der Waals surface area contributed by atoms with Gasteiger partial charge in [-0.15, -0.1) is 0 Å². The lowest BCUT2D eigenvalue weighted by Crippen LogP contribution is -2.55. The van der Waals surface area contributed by atoms with E-state index in [1.165, 1.54) is 0 Å². The Hall–Kier alpha value is -3.42. The first-order chi connectivity index (χ1) is 16.7. The third-order valence-electron chi connectivity index (χ3n) is 6.23. The Morgan fingerprint density at radius 2 is 1.54 bits per heavy atom. The molecular weight excluding hydrogens is 446 g/mol. The Labute approximate surface area is 207 Å². The number of nitrogens with zero attached hydrogens (tertiary/aromatic N) is 1. The minimum Gasteiger partial charge on any atom is -0.497 e. The second-order valence-electron chi connectivity index (χ2n) is 9.36. The quantitative estimate of drug-likeness (QED) is 0.594. The zero-order chi connectivity index (χ0) is 25.7. The van der Waals surface area contributed by atoms with Gasteiger partial charge in [-0.25, -0.2) is 4.79 Å². The van der Waals surface area contributed by atoms with Crippen molar-refractivity contribution in [2.75, 3.05) is 27.9 Å². The minimum atomic E-state index is -0.645. The van der Waals surface area contributed by atoms with E-state index in [0.717, 1.165) is 22.4 Å². The number of carbonyl (C=O) groups excluding carboxylic acids is 2. The van der Waals surface area contributed by atoms with E-state index in [2.05, 4.69) is 10.6 Å². The number of rotatable bonds is 8. The second-order valence-corrected chi connectivity index (χ2v) is 9.36. The highest BCUT2D eigenvalue weighted by Gasteiger charge is 2.35. The average molecular weight is 484 g/mol. The number of ether oxygens (including phenoxy) is 3. The molecule has 35 heavy (non-hydrogen) atoms. The van der Waals surface area contributed by atoms with Crippen LogP contribution in [0, 0.1) is 5.92 Å². The summed E-state index contributed by atoms with van der Waals surface area (Å²) in [4.78, 5) is 28.2. The molecule has 190 valence electrons. The van der Waals surface area contributed by atoms with Crippen LogP contribution in [-0.4, -0.2) is 56.8 Å². The molecule has 3 amide bonds. The van der Waals surface area contributed by atoms with Gasteiger partial charge >= 0.3 is 6.03 Å². The van der Waals surface area contributed by atoms with Gasteiger partial charge in [-0.1, -0.05) is 26.0 Å². The van der Waals surface area contributed by atoms with Gasteiger partial charge in [-0.05, 0) is 67.1 Å². The fourth-order valence-electron chi connectivity index (χ4n) is 4.44. The Bertz CT molecular complexity index is 1040. The van der Waals surface area contributed by atoms with E-state index in [0.29, 0.717) is 24.5 Å². The summed E-state index contributed by atoms with van der Waals surface area (Å²) in [6.45, 7) is 8.14. The molecule has 0 fully saturated rings. The van der Waals surface area contributed by atoms with E-state index < -0.39 is 6.04 Å². The normalized spacial score (nSPS) is 15.9. The Kier molecular flexibility index (Phi) is 8.48. The highest BCUT2D eigenvalue weighted by Crippen LogP contribution is 2.41. The van der Waals surface area contributed by atoms with Gasteiger partial charge in [-0.3, -0.25) is 4.79 Å². The fraction of sp³-hybridized carbons (Fsp3) is 0.481. The molecule has 0 aliphatic carbocycles. The summed E-state index contributed by atoms with van der Waals surface area (Å²) in [6.07, 6.45) is 0.653. The van der Waals surface area contributed by atoms with Crippen LogP contribution in [0.3, 0.4) is 0 Å². The number of hydrogen-bond acceptors (Lipinski definition) is 5. The molecule has 1 aliphatic rings. The standard InChI is InChI=1S/C27H37N3O5/c1-16(2)24(26(31)28-17(3)4)29-27(32)30-13-12-19-14-22(34-6)23(35-7)15-21(19)25(30)18-8-10-20(33-5)11-9-18/h8-11,14-17,24-25H,12-13H2,1-7H3,(H,28,31)(H,29,32)/t24-,25-/m0/s1. The van der Waals surface area contributed by atoms with Crippen molar-refractivity contribution in [1.82, 2.24) is 15.5 Å². The van der Waals surface area contributed by atoms with Gasteiger partial charge in [-0.2, -0.15) is 0 Å². The van der Waals surface area contributed by atoms with Crippen molar-refractivity contribution >= 4 is 11.9 Å². The average Bonchev–Trinajstić information content (AvgIpc) is 2.84. The molecule has 0 spiro atoms. The first-order valence-corrected chi connectivity index (χ1v) is 12.0. The van der Waals surface area contributed by atoms with Crippen LogP contribution in [0.2, 0.25) is 0 Å². The summed E-state index contributed by atoms with van der Waals surface area (Å²) in [6, 6.07) is 10.3. The van der Waals surface area contributed by atoms with Crippen molar-refractivity contribution in [1.29, 1.82) is 0 Å². The summed E-state index contributed by atoms with van der Waals surface area (Å²) in [5.74, 6) is 1.73. The van der Waals surface area contributed by atoms with Gasteiger partial charge in [0.05, 0.1) is 27.4 Å². The van der Waals surface area contributed by atoms with Crippen LogP contribution in [-0.2, 0) is 11.2 Å². The maximum absolute atomic E-state index is 13.7. The number of urea groups is 1. The molecule has 0 aromatic heterocycles.